The topological polar surface area (TPSA) is 37.3 Å². The second-order valence-corrected chi connectivity index (χ2v) is 4.87. The molecule has 0 aromatic carbocycles. The Morgan fingerprint density at radius 2 is 2.19 bits per heavy atom. The monoisotopic (exact) mass is 238 g/mol. The number of hydrogen-bond acceptors (Lipinski definition) is 2. The second-order valence-electron chi connectivity index (χ2n) is 3.70. The quantitative estimate of drug-likeness (QED) is 0.814. The summed E-state index contributed by atoms with van der Waals surface area (Å²) in [6.07, 6.45) is 5.01. The summed E-state index contributed by atoms with van der Waals surface area (Å²) in [5, 5.41) is 8.69. The number of carboxylic acid groups (broad SMARTS) is 1. The normalized spacial score (nSPS) is 11.8. The predicted octanol–water partition coefficient (Wildman–Crippen LogP) is 3.97. The van der Waals surface area contributed by atoms with Crippen LogP contribution >= 0.6 is 11.3 Å². The van der Waals surface area contributed by atoms with Gasteiger partial charge in [-0.3, -0.25) is 4.79 Å². The van der Waals surface area contributed by atoms with E-state index >= 15 is 0 Å². The molecule has 88 valence electrons. The highest BCUT2D eigenvalue weighted by Gasteiger charge is 2.05. The molecule has 0 atom stereocenters. The average Bonchev–Trinajstić information content (AvgIpc) is 2.72. The summed E-state index contributed by atoms with van der Waals surface area (Å²) in [5.41, 5.74) is 1.18. The lowest BCUT2D eigenvalue weighted by molar-refractivity contribution is -0.135. The molecule has 0 saturated carbocycles. The van der Waals surface area contributed by atoms with Gasteiger partial charge in [0.15, 0.2) is 0 Å². The molecular weight excluding hydrogens is 220 g/mol. The zero-order chi connectivity index (χ0) is 12.0. The number of rotatable bonds is 6. The molecule has 0 bridgehead atoms. The number of hydrogen-bond donors (Lipinski definition) is 1. The number of aliphatic carboxylic acids is 1. The van der Waals surface area contributed by atoms with Crippen molar-refractivity contribution >= 4 is 22.9 Å². The molecule has 1 heterocycles. The van der Waals surface area contributed by atoms with E-state index in [-0.39, 0.29) is 6.42 Å². The minimum atomic E-state index is -0.763. The van der Waals surface area contributed by atoms with Gasteiger partial charge < -0.3 is 5.11 Å². The molecule has 16 heavy (non-hydrogen) atoms. The minimum Gasteiger partial charge on any atom is -0.481 e. The fourth-order valence-corrected chi connectivity index (χ4v) is 2.56. The van der Waals surface area contributed by atoms with Crippen LogP contribution in [0.25, 0.3) is 5.57 Å². The van der Waals surface area contributed by atoms with Gasteiger partial charge in [-0.25, -0.2) is 0 Å². The number of aryl methyl sites for hydroxylation is 1. The first kappa shape index (κ1) is 13.0. The van der Waals surface area contributed by atoms with Gasteiger partial charge in [0.25, 0.3) is 0 Å². The van der Waals surface area contributed by atoms with E-state index in [1.54, 1.807) is 11.3 Å². The van der Waals surface area contributed by atoms with E-state index in [2.05, 4.69) is 26.0 Å². The number of allylic oxidation sites excluding steroid dienone is 1. The summed E-state index contributed by atoms with van der Waals surface area (Å²) in [5.74, 6) is -0.763. The lowest BCUT2D eigenvalue weighted by Crippen LogP contribution is -1.92. The van der Waals surface area contributed by atoms with Gasteiger partial charge in [-0.05, 0) is 30.5 Å². The Kier molecular flexibility index (Phi) is 5.26. The molecule has 0 radical (unpaired) electrons. The fraction of sp³-hybridized carbons (Fsp3) is 0.462. The average molecular weight is 238 g/mol. The van der Waals surface area contributed by atoms with Crippen molar-refractivity contribution in [1.82, 2.24) is 0 Å². The van der Waals surface area contributed by atoms with Gasteiger partial charge in [-0.2, -0.15) is 0 Å². The summed E-state index contributed by atoms with van der Waals surface area (Å²) in [7, 11) is 0. The highest BCUT2D eigenvalue weighted by atomic mass is 32.1. The van der Waals surface area contributed by atoms with Crippen LogP contribution in [0.5, 0.6) is 0 Å². The van der Waals surface area contributed by atoms with E-state index in [1.165, 1.54) is 15.3 Å². The van der Waals surface area contributed by atoms with Crippen LogP contribution in [0, 0.1) is 0 Å². The molecule has 0 spiro atoms. The van der Waals surface area contributed by atoms with E-state index in [0.717, 1.165) is 19.3 Å². The zero-order valence-corrected chi connectivity index (χ0v) is 10.6. The van der Waals surface area contributed by atoms with Gasteiger partial charge in [0.1, 0.15) is 0 Å². The Balaban J connectivity index is 2.83. The van der Waals surface area contributed by atoms with E-state index in [9.17, 15) is 4.79 Å². The number of carbonyl (C=O) groups is 1. The van der Waals surface area contributed by atoms with Crippen LogP contribution in [0.3, 0.4) is 0 Å². The van der Waals surface area contributed by atoms with Crippen molar-refractivity contribution in [1.29, 1.82) is 0 Å². The molecule has 2 nitrogen and oxygen atoms in total. The minimum absolute atomic E-state index is 0.120. The smallest absolute Gasteiger partial charge is 0.307 e. The molecule has 1 aromatic rings. The lowest BCUT2D eigenvalue weighted by atomic mass is 10.1. The molecule has 0 aliphatic heterocycles. The Bertz CT molecular complexity index is 377. The van der Waals surface area contributed by atoms with E-state index in [0.29, 0.717) is 0 Å². The fourth-order valence-electron chi connectivity index (χ4n) is 1.55. The molecule has 1 N–H and O–H groups in total. The van der Waals surface area contributed by atoms with E-state index < -0.39 is 5.97 Å². The maximum absolute atomic E-state index is 10.6. The lowest BCUT2D eigenvalue weighted by Gasteiger charge is -2.02. The standard InChI is InChI=1S/C13H18O2S/c1-3-5-10(6-9-13(14)15)12-8-7-11(4-2)16-12/h6-8H,3-5,9H2,1-2H3,(H,14,15)/b10-6+. The SMILES string of the molecule is CCC/C(=C\CC(=O)O)c1ccc(CC)s1. The van der Waals surface area contributed by atoms with Crippen LogP contribution in [0.4, 0.5) is 0 Å². The van der Waals surface area contributed by atoms with Gasteiger partial charge in [0.05, 0.1) is 6.42 Å². The molecule has 0 unspecified atom stereocenters. The molecule has 0 saturated heterocycles. The predicted molar refractivity (Wildman–Crippen MR) is 68.8 cm³/mol. The molecule has 1 rings (SSSR count). The third kappa shape index (κ3) is 3.81. The van der Waals surface area contributed by atoms with Crippen molar-refractivity contribution in [2.75, 3.05) is 0 Å². The van der Waals surface area contributed by atoms with E-state index in [1.807, 2.05) is 6.08 Å². The van der Waals surface area contributed by atoms with Gasteiger partial charge in [-0.1, -0.05) is 26.3 Å². The van der Waals surface area contributed by atoms with Crippen molar-refractivity contribution in [2.24, 2.45) is 0 Å². The molecule has 0 amide bonds. The van der Waals surface area contributed by atoms with Crippen molar-refractivity contribution in [3.8, 4) is 0 Å². The van der Waals surface area contributed by atoms with E-state index in [4.69, 9.17) is 5.11 Å². The summed E-state index contributed by atoms with van der Waals surface area (Å²) in [6.45, 7) is 4.25. The van der Waals surface area contributed by atoms with Crippen LogP contribution in [0.15, 0.2) is 18.2 Å². The number of thiophene rings is 1. The van der Waals surface area contributed by atoms with Crippen LogP contribution in [-0.4, -0.2) is 11.1 Å². The molecule has 1 aromatic heterocycles. The maximum Gasteiger partial charge on any atom is 0.307 e. The third-order valence-electron chi connectivity index (χ3n) is 2.37. The van der Waals surface area contributed by atoms with Crippen LogP contribution in [0.2, 0.25) is 0 Å². The highest BCUT2D eigenvalue weighted by Crippen LogP contribution is 2.28. The van der Waals surface area contributed by atoms with Crippen molar-refractivity contribution in [2.45, 2.75) is 39.5 Å². The first-order chi connectivity index (χ1) is 7.67. The molecule has 0 aliphatic carbocycles. The Morgan fingerprint density at radius 3 is 2.69 bits per heavy atom. The summed E-state index contributed by atoms with van der Waals surface area (Å²) in [6, 6.07) is 4.23. The first-order valence-corrected chi connectivity index (χ1v) is 6.48. The number of carboxylic acids is 1. The van der Waals surface area contributed by atoms with Crippen molar-refractivity contribution in [3.63, 3.8) is 0 Å². The molecule has 0 aliphatic rings. The molecular formula is C13H18O2S. The van der Waals surface area contributed by atoms with Crippen molar-refractivity contribution in [3.05, 3.63) is 28.0 Å². The maximum atomic E-state index is 10.6. The third-order valence-corrected chi connectivity index (χ3v) is 3.67. The summed E-state index contributed by atoms with van der Waals surface area (Å²) < 4.78 is 0. The van der Waals surface area contributed by atoms with Gasteiger partial charge in [-0.15, -0.1) is 11.3 Å². The van der Waals surface area contributed by atoms with Crippen LogP contribution in [0.1, 0.15) is 42.9 Å². The highest BCUT2D eigenvalue weighted by molar-refractivity contribution is 7.13. The van der Waals surface area contributed by atoms with Gasteiger partial charge >= 0.3 is 5.97 Å². The van der Waals surface area contributed by atoms with Crippen LogP contribution < -0.4 is 0 Å². The first-order valence-electron chi connectivity index (χ1n) is 5.67. The van der Waals surface area contributed by atoms with Crippen LogP contribution in [-0.2, 0) is 11.2 Å². The Morgan fingerprint density at radius 1 is 1.44 bits per heavy atom. The molecule has 3 heteroatoms. The molecule has 0 fully saturated rings. The Hall–Kier alpha value is -1.09. The van der Waals surface area contributed by atoms with Gasteiger partial charge in [0.2, 0.25) is 0 Å². The summed E-state index contributed by atoms with van der Waals surface area (Å²) >= 11 is 1.77. The van der Waals surface area contributed by atoms with Gasteiger partial charge in [0, 0.05) is 9.75 Å². The largest absolute Gasteiger partial charge is 0.481 e. The zero-order valence-electron chi connectivity index (χ0n) is 9.82. The second kappa shape index (κ2) is 6.48. The Labute approximate surface area is 101 Å². The summed E-state index contributed by atoms with van der Waals surface area (Å²) in [4.78, 5) is 13.1. The van der Waals surface area contributed by atoms with Crippen molar-refractivity contribution < 1.29 is 9.90 Å².